The minimum atomic E-state index is -1.75. The third-order valence-corrected chi connectivity index (χ3v) is 24.6. The molecule has 0 aliphatic rings. The van der Waals surface area contributed by atoms with E-state index in [2.05, 4.69) is 58.9 Å². The van der Waals surface area contributed by atoms with E-state index in [9.17, 15) is 9.90 Å². The van der Waals surface area contributed by atoms with Crippen molar-refractivity contribution >= 4 is 30.2 Å². The summed E-state index contributed by atoms with van der Waals surface area (Å²) in [5.74, 6) is -0.509. The summed E-state index contributed by atoms with van der Waals surface area (Å²) in [5.41, 5.74) is 0. The minimum Gasteiger partial charge on any atom is -0.481 e. The first-order chi connectivity index (χ1) is 6.69. The summed E-state index contributed by atoms with van der Waals surface area (Å²) in [6.07, 6.45) is 0. The Morgan fingerprint density at radius 3 is 0.938 bits per heavy atom. The van der Waals surface area contributed by atoms with Crippen LogP contribution in [0.4, 0.5) is 0 Å². The molecule has 0 spiro atoms. The Bertz CT molecular complexity index is 243. The van der Waals surface area contributed by atoms with Crippen molar-refractivity contribution in [2.24, 2.45) is 0 Å². The van der Waals surface area contributed by atoms with E-state index in [-0.39, 0.29) is 4.28 Å². The van der Waals surface area contributed by atoms with E-state index in [4.69, 9.17) is 0 Å². The van der Waals surface area contributed by atoms with E-state index in [1.165, 1.54) is 0 Å². The van der Waals surface area contributed by atoms with Gasteiger partial charge in [-0.05, 0) is 0 Å². The standard InChI is InChI=1S/C11H28O2Si3/c1-14(2,3)11(10(12)13,15(4,5)6)16(7,8)9/h1-9H3,(H,12,13). The Morgan fingerprint density at radius 1 is 0.750 bits per heavy atom. The zero-order valence-electron chi connectivity index (χ0n) is 12.4. The van der Waals surface area contributed by atoms with E-state index in [0.717, 1.165) is 0 Å². The maximum Gasteiger partial charge on any atom is 0.301 e. The lowest BCUT2D eigenvalue weighted by atomic mass is 10.8. The van der Waals surface area contributed by atoms with Gasteiger partial charge in [0.15, 0.2) is 0 Å². The molecule has 0 saturated heterocycles. The molecular formula is C11H28O2Si3. The fourth-order valence-electron chi connectivity index (χ4n) is 4.34. The van der Waals surface area contributed by atoms with Crippen LogP contribution in [-0.4, -0.2) is 35.3 Å². The lowest BCUT2D eigenvalue weighted by Gasteiger charge is -2.55. The molecule has 0 unspecified atom stereocenters. The van der Waals surface area contributed by atoms with E-state index in [1.807, 2.05) is 0 Å². The first kappa shape index (κ1) is 16.1. The van der Waals surface area contributed by atoms with Gasteiger partial charge in [0.2, 0.25) is 0 Å². The molecule has 0 aliphatic carbocycles. The largest absolute Gasteiger partial charge is 0.481 e. The number of hydrogen-bond acceptors (Lipinski definition) is 1. The first-order valence-corrected chi connectivity index (χ1v) is 16.4. The topological polar surface area (TPSA) is 37.3 Å². The molecule has 0 bridgehead atoms. The van der Waals surface area contributed by atoms with Gasteiger partial charge in [-0.15, -0.1) is 0 Å². The average molecular weight is 277 g/mol. The average Bonchev–Trinajstić information content (AvgIpc) is 1.71. The monoisotopic (exact) mass is 276 g/mol. The molecule has 0 atom stereocenters. The number of carbonyl (C=O) groups is 1. The lowest BCUT2D eigenvalue weighted by molar-refractivity contribution is -0.136. The highest BCUT2D eigenvalue weighted by molar-refractivity contribution is 7.18. The molecule has 0 aromatic heterocycles. The Balaban J connectivity index is 6.17. The summed E-state index contributed by atoms with van der Waals surface area (Å²) in [6.45, 7) is 20.1. The van der Waals surface area contributed by atoms with E-state index < -0.39 is 30.2 Å². The van der Waals surface area contributed by atoms with Crippen molar-refractivity contribution in [1.82, 2.24) is 0 Å². The van der Waals surface area contributed by atoms with Gasteiger partial charge in [-0.3, -0.25) is 4.79 Å². The Kier molecular flexibility index (Phi) is 4.13. The fourth-order valence-corrected chi connectivity index (χ4v) is 33.3. The van der Waals surface area contributed by atoms with Crippen LogP contribution in [0.2, 0.25) is 63.2 Å². The number of hydrogen-bond donors (Lipinski definition) is 1. The van der Waals surface area contributed by atoms with Crippen LogP contribution in [0.1, 0.15) is 0 Å². The van der Waals surface area contributed by atoms with Gasteiger partial charge in [0.1, 0.15) is 0 Å². The fraction of sp³-hybridized carbons (Fsp3) is 0.909. The van der Waals surface area contributed by atoms with E-state index in [1.54, 1.807) is 0 Å². The van der Waals surface area contributed by atoms with E-state index in [0.29, 0.717) is 0 Å². The van der Waals surface area contributed by atoms with Crippen LogP contribution >= 0.6 is 0 Å². The molecule has 0 saturated carbocycles. The number of carboxylic acids is 1. The van der Waals surface area contributed by atoms with Gasteiger partial charge < -0.3 is 5.11 Å². The van der Waals surface area contributed by atoms with Crippen molar-refractivity contribution in [1.29, 1.82) is 0 Å². The molecule has 0 aromatic carbocycles. The van der Waals surface area contributed by atoms with Crippen molar-refractivity contribution in [3.63, 3.8) is 0 Å². The van der Waals surface area contributed by atoms with Crippen LogP contribution in [-0.2, 0) is 4.79 Å². The maximum absolute atomic E-state index is 12.1. The quantitative estimate of drug-likeness (QED) is 0.791. The Hall–Kier alpha value is 0.121. The molecule has 0 aliphatic heterocycles. The van der Waals surface area contributed by atoms with Crippen LogP contribution in [0.3, 0.4) is 0 Å². The van der Waals surface area contributed by atoms with Gasteiger partial charge >= 0.3 is 5.97 Å². The zero-order valence-corrected chi connectivity index (χ0v) is 15.4. The Morgan fingerprint density at radius 2 is 0.938 bits per heavy atom. The number of rotatable bonds is 4. The number of carboxylic acid groups (broad SMARTS) is 1. The summed E-state index contributed by atoms with van der Waals surface area (Å²) >= 11 is 0. The van der Waals surface area contributed by atoms with Gasteiger partial charge in [-0.2, -0.15) is 0 Å². The van der Waals surface area contributed by atoms with Crippen LogP contribution in [0, 0.1) is 0 Å². The van der Waals surface area contributed by atoms with Crippen LogP contribution < -0.4 is 0 Å². The summed E-state index contributed by atoms with van der Waals surface area (Å²) in [4.78, 5) is 12.1. The molecule has 0 heterocycles. The van der Waals surface area contributed by atoms with Crippen molar-refractivity contribution in [2.75, 3.05) is 0 Å². The van der Waals surface area contributed by atoms with Gasteiger partial charge in [0, 0.05) is 4.28 Å². The second-order valence-corrected chi connectivity index (χ2v) is 25.1. The molecule has 5 heteroatoms. The molecule has 0 amide bonds. The normalized spacial score (nSPS) is 15.1. The van der Waals surface area contributed by atoms with Crippen LogP contribution in [0.5, 0.6) is 0 Å². The van der Waals surface area contributed by atoms with Crippen molar-refractivity contribution in [2.45, 2.75) is 63.2 Å². The summed E-state index contributed by atoms with van der Waals surface area (Å²) < 4.78 is -0.354. The van der Waals surface area contributed by atoms with Gasteiger partial charge in [-0.25, -0.2) is 0 Å². The molecule has 96 valence electrons. The zero-order chi connectivity index (χ0) is 13.6. The predicted molar refractivity (Wildman–Crippen MR) is 80.4 cm³/mol. The molecule has 0 radical (unpaired) electrons. The summed E-state index contributed by atoms with van der Waals surface area (Å²) in [7, 11) is -5.24. The molecule has 0 aromatic rings. The SMILES string of the molecule is C[Si](C)(C)C(C(=O)O)([Si](C)(C)C)[Si](C)(C)C. The van der Waals surface area contributed by atoms with Crippen molar-refractivity contribution in [3.8, 4) is 0 Å². The van der Waals surface area contributed by atoms with Crippen molar-refractivity contribution in [3.05, 3.63) is 0 Å². The van der Waals surface area contributed by atoms with Crippen LogP contribution in [0.25, 0.3) is 0 Å². The predicted octanol–water partition coefficient (Wildman–Crippen LogP) is 3.90. The second-order valence-electron chi connectivity index (χ2n) is 7.81. The highest BCUT2D eigenvalue weighted by Gasteiger charge is 2.64. The maximum atomic E-state index is 12.1. The lowest BCUT2D eigenvalue weighted by Crippen LogP contribution is -2.69. The summed E-state index contributed by atoms with van der Waals surface area (Å²) in [6, 6.07) is 0. The Labute approximate surface area is 103 Å². The molecule has 0 rings (SSSR count). The van der Waals surface area contributed by atoms with Gasteiger partial charge in [-0.1, -0.05) is 58.9 Å². The number of aliphatic carboxylic acids is 1. The molecule has 0 fully saturated rings. The highest BCUT2D eigenvalue weighted by atomic mass is 28.5. The molecule has 1 N–H and O–H groups in total. The van der Waals surface area contributed by atoms with Gasteiger partial charge in [0.05, 0.1) is 24.2 Å². The second kappa shape index (κ2) is 4.10. The van der Waals surface area contributed by atoms with Gasteiger partial charge in [0.25, 0.3) is 0 Å². The van der Waals surface area contributed by atoms with E-state index >= 15 is 0 Å². The van der Waals surface area contributed by atoms with Crippen molar-refractivity contribution < 1.29 is 9.90 Å². The highest BCUT2D eigenvalue weighted by Crippen LogP contribution is 2.53. The molecule has 16 heavy (non-hydrogen) atoms. The minimum absolute atomic E-state index is 0.354. The first-order valence-electron chi connectivity index (χ1n) is 5.93. The molecule has 2 nitrogen and oxygen atoms in total. The third-order valence-electron chi connectivity index (χ3n) is 3.70. The summed E-state index contributed by atoms with van der Waals surface area (Å²) in [5, 5.41) is 9.93. The smallest absolute Gasteiger partial charge is 0.301 e. The molecular weight excluding hydrogens is 248 g/mol. The third kappa shape index (κ3) is 2.22. The van der Waals surface area contributed by atoms with Crippen LogP contribution in [0.15, 0.2) is 0 Å².